The normalized spacial score (nSPS) is 14.7. The van der Waals surface area contributed by atoms with E-state index in [2.05, 4.69) is 175 Å². The molecule has 0 aromatic heterocycles. The van der Waals surface area contributed by atoms with Gasteiger partial charge in [0.05, 0.1) is 4.24 Å². The molecule has 0 fully saturated rings. The molecule has 6 aromatic rings. The number of ketones is 1. The fourth-order valence-corrected chi connectivity index (χ4v) is 20.3. The van der Waals surface area contributed by atoms with Crippen molar-refractivity contribution in [2.75, 3.05) is 0 Å². The number of carbonyl (C=O) groups excluding carboxylic acids is 1. The summed E-state index contributed by atoms with van der Waals surface area (Å²) in [6.07, 6.45) is 0. The smallest absolute Gasteiger partial charge is 0.320 e. The Labute approximate surface area is 342 Å². The molecule has 0 bridgehead atoms. The van der Waals surface area contributed by atoms with Crippen molar-refractivity contribution < 1.29 is 13.6 Å². The second kappa shape index (κ2) is 14.9. The molecule has 0 saturated carbocycles. The Hall–Kier alpha value is -4.80. The van der Waals surface area contributed by atoms with Crippen LogP contribution in [0.15, 0.2) is 184 Å². The molecule has 7 heteroatoms. The Kier molecular flexibility index (Phi) is 10.2. The molecular weight excluding hydrogens is 757 g/mol. The molecule has 3 nitrogen and oxygen atoms in total. The van der Waals surface area contributed by atoms with Crippen molar-refractivity contribution >= 4 is 72.3 Å². The van der Waals surface area contributed by atoms with Crippen LogP contribution in [0.3, 0.4) is 0 Å². The summed E-state index contributed by atoms with van der Waals surface area (Å²) in [4.78, 5) is 13.9. The molecular formula is C49H46O3S2Si2. The van der Waals surface area contributed by atoms with Gasteiger partial charge in [-0.15, -0.1) is 0 Å². The Morgan fingerprint density at radius 3 is 0.946 bits per heavy atom. The Morgan fingerprint density at radius 1 is 0.393 bits per heavy atom. The highest BCUT2D eigenvalue weighted by atomic mass is 32.2. The van der Waals surface area contributed by atoms with Crippen molar-refractivity contribution in [3.8, 4) is 0 Å². The summed E-state index contributed by atoms with van der Waals surface area (Å²) >= 11 is 3.30. The minimum absolute atomic E-state index is 0.0501. The minimum atomic E-state index is -3.10. The molecule has 280 valence electrons. The lowest BCUT2D eigenvalue weighted by Gasteiger charge is -2.44. The molecule has 0 N–H and O–H groups in total. The topological polar surface area (TPSA) is 35.5 Å². The summed E-state index contributed by atoms with van der Waals surface area (Å²) in [6, 6.07) is 59.2. The quantitative estimate of drug-likeness (QED) is 0.143. The molecule has 0 atom stereocenters. The summed E-state index contributed by atoms with van der Waals surface area (Å²) in [5, 5.41) is 5.77. The molecule has 0 radical (unpaired) electrons. The zero-order valence-corrected chi connectivity index (χ0v) is 36.3. The van der Waals surface area contributed by atoms with Gasteiger partial charge >= 0.3 is 16.6 Å². The Morgan fingerprint density at radius 2 is 0.661 bits per heavy atom. The van der Waals surface area contributed by atoms with Gasteiger partial charge in [0.2, 0.25) is 0 Å². The first-order valence-corrected chi connectivity index (χ1v) is 24.6. The number of rotatable bonds is 8. The van der Waals surface area contributed by atoms with Gasteiger partial charge in [0, 0.05) is 16.7 Å². The Bertz CT molecular complexity index is 2200. The van der Waals surface area contributed by atoms with Crippen LogP contribution in [0.2, 0.25) is 10.1 Å². The summed E-state index contributed by atoms with van der Waals surface area (Å²) < 4.78 is 16.9. The predicted octanol–water partition coefficient (Wildman–Crippen LogP) is 10.7. The van der Waals surface area contributed by atoms with Gasteiger partial charge < -0.3 is 8.85 Å². The summed E-state index contributed by atoms with van der Waals surface area (Å²) in [6.45, 7) is 13.9. The van der Waals surface area contributed by atoms with E-state index in [4.69, 9.17) is 8.85 Å². The van der Waals surface area contributed by atoms with Crippen LogP contribution in [-0.4, -0.2) is 22.4 Å². The summed E-state index contributed by atoms with van der Waals surface area (Å²) in [5.41, 5.74) is 4.33. The van der Waals surface area contributed by atoms with Crippen molar-refractivity contribution in [1.29, 1.82) is 0 Å². The van der Waals surface area contributed by atoms with Crippen LogP contribution in [0.1, 0.15) is 68.6 Å². The van der Waals surface area contributed by atoms with E-state index in [1.54, 1.807) is 23.5 Å². The van der Waals surface area contributed by atoms with Gasteiger partial charge in [0.15, 0.2) is 16.0 Å². The van der Waals surface area contributed by atoms with E-state index < -0.39 is 16.6 Å². The number of benzene rings is 6. The predicted molar refractivity (Wildman–Crippen MR) is 242 cm³/mol. The van der Waals surface area contributed by atoms with Crippen LogP contribution in [0.5, 0.6) is 0 Å². The van der Waals surface area contributed by atoms with Crippen LogP contribution in [0.25, 0.3) is 5.57 Å². The standard InChI is InChI=1S/C49H46O3S2Si2/c1-48(2,3)55(35-23-11-7-12-24-35,36-25-13-8-14-26-36)51-45-46(52-56(49(4,5)6,37-27-15-9-16-28-37)38-29-17-10-18-30-38)54-47(53-45)43-39-31-19-21-33-41(39)44(50)42-34-22-20-32-40(42)43/h7-34H,1-6H3. The second-order valence-corrected chi connectivity index (χ2v) is 27.1. The third kappa shape index (κ3) is 6.44. The second-order valence-electron chi connectivity index (χ2n) is 16.4. The van der Waals surface area contributed by atoms with E-state index in [1.165, 1.54) is 20.7 Å². The van der Waals surface area contributed by atoms with Gasteiger partial charge in [-0.1, -0.05) is 211 Å². The fourth-order valence-electron chi connectivity index (χ4n) is 8.38. The van der Waals surface area contributed by atoms with Crippen LogP contribution in [0.4, 0.5) is 0 Å². The van der Waals surface area contributed by atoms with Crippen LogP contribution in [0, 0.1) is 0 Å². The molecule has 1 aliphatic heterocycles. The molecule has 2 aliphatic rings. The first-order valence-electron chi connectivity index (χ1n) is 19.1. The molecule has 56 heavy (non-hydrogen) atoms. The lowest BCUT2D eigenvalue weighted by atomic mass is 9.82. The van der Waals surface area contributed by atoms with E-state index in [1.807, 2.05) is 36.4 Å². The fraction of sp³-hybridized carbons (Fsp3) is 0.163. The van der Waals surface area contributed by atoms with Crippen molar-refractivity contribution in [3.05, 3.63) is 207 Å². The third-order valence-corrected chi connectivity index (χ3v) is 23.4. The zero-order chi connectivity index (χ0) is 39.1. The lowest BCUT2D eigenvalue weighted by molar-refractivity contribution is 0.103. The lowest BCUT2D eigenvalue weighted by Crippen LogP contribution is -2.67. The Balaban J connectivity index is 1.42. The average molecular weight is 803 g/mol. The molecule has 0 saturated heterocycles. The van der Waals surface area contributed by atoms with Gasteiger partial charge in [-0.2, -0.15) is 0 Å². The van der Waals surface area contributed by atoms with E-state index in [0.29, 0.717) is 11.1 Å². The molecule has 0 spiro atoms. The first-order chi connectivity index (χ1) is 27.0. The first kappa shape index (κ1) is 38.1. The molecule has 1 aliphatic carbocycles. The molecule has 1 heterocycles. The van der Waals surface area contributed by atoms with Gasteiger partial charge in [0.25, 0.3) is 0 Å². The van der Waals surface area contributed by atoms with E-state index in [0.717, 1.165) is 31.1 Å². The van der Waals surface area contributed by atoms with Crippen LogP contribution < -0.4 is 20.7 Å². The molecule has 0 amide bonds. The SMILES string of the molecule is CC(C)(C)[Si](OC1=C(O[Si](c2ccccc2)(c2ccccc2)C(C)(C)C)SC(=C2c3ccccc3C(=O)c3ccccc32)S1)(c1ccccc1)c1ccccc1. The maximum Gasteiger partial charge on any atom is 0.320 e. The van der Waals surface area contributed by atoms with E-state index in [9.17, 15) is 4.79 Å². The number of hydrogen-bond donors (Lipinski definition) is 0. The summed E-state index contributed by atoms with van der Waals surface area (Å²) in [5.74, 6) is 0.0501. The molecule has 0 unspecified atom stereocenters. The highest BCUT2D eigenvalue weighted by Gasteiger charge is 2.56. The minimum Gasteiger partial charge on any atom is -0.526 e. The number of carbonyl (C=O) groups is 1. The van der Waals surface area contributed by atoms with Gasteiger partial charge in [-0.05, 0) is 65.5 Å². The molecule has 8 rings (SSSR count). The molecule has 6 aromatic carbocycles. The van der Waals surface area contributed by atoms with E-state index in [-0.39, 0.29) is 15.9 Å². The zero-order valence-electron chi connectivity index (χ0n) is 32.7. The highest BCUT2D eigenvalue weighted by Crippen LogP contribution is 2.58. The maximum atomic E-state index is 13.9. The van der Waals surface area contributed by atoms with Crippen LogP contribution in [-0.2, 0) is 8.85 Å². The largest absolute Gasteiger partial charge is 0.526 e. The third-order valence-electron chi connectivity index (χ3n) is 10.9. The highest BCUT2D eigenvalue weighted by molar-refractivity contribution is 8.28. The maximum absolute atomic E-state index is 13.9. The summed E-state index contributed by atoms with van der Waals surface area (Å²) in [7, 11) is -6.21. The van der Waals surface area contributed by atoms with Crippen molar-refractivity contribution in [2.24, 2.45) is 0 Å². The van der Waals surface area contributed by atoms with Gasteiger partial charge in [-0.3, -0.25) is 4.79 Å². The van der Waals surface area contributed by atoms with Crippen molar-refractivity contribution in [1.82, 2.24) is 0 Å². The van der Waals surface area contributed by atoms with Gasteiger partial charge in [-0.25, -0.2) is 0 Å². The number of hydrogen-bond acceptors (Lipinski definition) is 5. The van der Waals surface area contributed by atoms with E-state index >= 15 is 0 Å². The monoisotopic (exact) mass is 802 g/mol. The number of thioether (sulfide) groups is 2. The van der Waals surface area contributed by atoms with Gasteiger partial charge in [0.1, 0.15) is 0 Å². The number of fused-ring (bicyclic) bond motifs is 2. The van der Waals surface area contributed by atoms with Crippen molar-refractivity contribution in [3.63, 3.8) is 0 Å². The average Bonchev–Trinajstić information content (AvgIpc) is 3.60. The van der Waals surface area contributed by atoms with Crippen molar-refractivity contribution in [2.45, 2.75) is 51.6 Å². The van der Waals surface area contributed by atoms with Crippen LogP contribution >= 0.6 is 23.5 Å².